The Morgan fingerprint density at radius 3 is 2.38 bits per heavy atom. The molecule has 0 amide bonds. The van der Waals surface area contributed by atoms with Crippen LogP contribution in [-0.4, -0.2) is 14.5 Å². The molecule has 29 heavy (non-hydrogen) atoms. The van der Waals surface area contributed by atoms with Crippen LogP contribution >= 0.6 is 0 Å². The van der Waals surface area contributed by atoms with E-state index in [1.807, 2.05) is 0 Å². The first kappa shape index (κ1) is 18.8. The van der Waals surface area contributed by atoms with Crippen molar-refractivity contribution < 1.29 is 13.9 Å². The molecule has 0 radical (unpaired) electrons. The van der Waals surface area contributed by atoms with Crippen LogP contribution in [0, 0.1) is 23.0 Å². The molecule has 2 aromatic heterocycles. The summed E-state index contributed by atoms with van der Waals surface area (Å²) in [5.41, 5.74) is 0.475. The van der Waals surface area contributed by atoms with Crippen LogP contribution in [0.2, 0.25) is 0 Å². The molecular weight excluding hydrogens is 372 g/mol. The monoisotopic (exact) mass is 389 g/mol. The zero-order chi connectivity index (χ0) is 20.8. The summed E-state index contributed by atoms with van der Waals surface area (Å²) in [7, 11) is 0. The number of benzene rings is 2. The van der Waals surface area contributed by atoms with Crippen molar-refractivity contribution in [3.63, 3.8) is 0 Å². The quantitative estimate of drug-likeness (QED) is 0.534. The predicted octanol–water partition coefficient (Wildman–Crippen LogP) is 5.05. The third-order valence-electron chi connectivity index (χ3n) is 4.89. The molecule has 0 saturated heterocycles. The van der Waals surface area contributed by atoms with Gasteiger partial charge in [-0.2, -0.15) is 5.26 Å². The summed E-state index contributed by atoms with van der Waals surface area (Å²) < 4.78 is 31.8. The van der Waals surface area contributed by atoms with E-state index in [0.717, 1.165) is 0 Å². The highest BCUT2D eigenvalue weighted by Crippen LogP contribution is 2.34. The van der Waals surface area contributed by atoms with Gasteiger partial charge in [0.25, 0.3) is 0 Å². The number of nitrogens with zero attached hydrogens (tertiary/aromatic N) is 3. The summed E-state index contributed by atoms with van der Waals surface area (Å²) in [4.78, 5) is 4.10. The molecule has 0 saturated carbocycles. The minimum absolute atomic E-state index is 0.00172. The van der Waals surface area contributed by atoms with Crippen LogP contribution in [0.5, 0.6) is 0 Å². The summed E-state index contributed by atoms with van der Waals surface area (Å²) in [6.07, 6.45) is 2.95. The van der Waals surface area contributed by atoms with Crippen LogP contribution in [0.4, 0.5) is 8.78 Å². The highest BCUT2D eigenvalue weighted by atomic mass is 19.1. The maximum atomic E-state index is 15.5. The van der Waals surface area contributed by atoms with E-state index in [0.29, 0.717) is 16.8 Å². The van der Waals surface area contributed by atoms with Gasteiger partial charge < -0.3 is 5.11 Å². The Kier molecular flexibility index (Phi) is 4.40. The van der Waals surface area contributed by atoms with Crippen LogP contribution in [0.15, 0.2) is 60.9 Å². The standard InChI is InChI=1S/C23H17F2N3O/c1-23(2,29)18-10-11-28-19(13-27-22(28)21(18)25)17-9-5-8-16(20(17)24)15-7-4-3-6-14(15)12-26/h3-11,13,29H,1-2H3. The second-order valence-electron chi connectivity index (χ2n) is 7.26. The minimum atomic E-state index is -1.37. The Hall–Kier alpha value is -3.56. The maximum absolute atomic E-state index is 15.5. The Bertz CT molecular complexity index is 1280. The average Bonchev–Trinajstić information content (AvgIpc) is 3.12. The van der Waals surface area contributed by atoms with Crippen molar-refractivity contribution in [3.05, 3.63) is 83.7 Å². The van der Waals surface area contributed by atoms with Crippen LogP contribution in [0.3, 0.4) is 0 Å². The van der Waals surface area contributed by atoms with Gasteiger partial charge >= 0.3 is 0 Å². The van der Waals surface area contributed by atoms with Crippen molar-refractivity contribution in [2.24, 2.45) is 0 Å². The molecule has 0 unspecified atom stereocenters. The number of hydrogen-bond donors (Lipinski definition) is 1. The van der Waals surface area contributed by atoms with Crippen LogP contribution < -0.4 is 0 Å². The number of pyridine rings is 1. The predicted molar refractivity (Wildman–Crippen MR) is 106 cm³/mol. The van der Waals surface area contributed by atoms with E-state index in [9.17, 15) is 14.8 Å². The Morgan fingerprint density at radius 2 is 1.66 bits per heavy atom. The smallest absolute Gasteiger partial charge is 0.174 e. The van der Waals surface area contributed by atoms with Gasteiger partial charge in [0.1, 0.15) is 5.82 Å². The van der Waals surface area contributed by atoms with Gasteiger partial charge in [-0.3, -0.25) is 4.40 Å². The molecule has 0 bridgehead atoms. The van der Waals surface area contributed by atoms with Crippen LogP contribution in [0.1, 0.15) is 25.0 Å². The number of aliphatic hydroxyl groups is 1. The van der Waals surface area contributed by atoms with E-state index in [1.165, 1.54) is 30.5 Å². The first-order chi connectivity index (χ1) is 13.8. The molecule has 0 spiro atoms. The zero-order valence-electron chi connectivity index (χ0n) is 15.8. The second-order valence-corrected chi connectivity index (χ2v) is 7.26. The topological polar surface area (TPSA) is 61.3 Å². The lowest BCUT2D eigenvalue weighted by atomic mass is 9.97. The molecule has 2 heterocycles. The van der Waals surface area contributed by atoms with Gasteiger partial charge in [-0.1, -0.05) is 30.3 Å². The molecule has 0 aliphatic carbocycles. The van der Waals surface area contributed by atoms with Crippen molar-refractivity contribution in [3.8, 4) is 28.5 Å². The number of rotatable bonds is 3. The van der Waals surface area contributed by atoms with Crippen LogP contribution in [0.25, 0.3) is 28.0 Å². The SMILES string of the molecule is CC(C)(O)c1ccn2c(-c3cccc(-c4ccccc4C#N)c3F)cnc2c1F. The van der Waals surface area contributed by atoms with E-state index in [1.54, 1.807) is 48.7 Å². The molecule has 0 aliphatic heterocycles. The molecule has 144 valence electrons. The lowest BCUT2D eigenvalue weighted by Crippen LogP contribution is -2.18. The number of fused-ring (bicyclic) bond motifs is 1. The number of aromatic nitrogens is 2. The summed E-state index contributed by atoms with van der Waals surface area (Å²) in [5, 5.41) is 19.5. The van der Waals surface area contributed by atoms with Gasteiger partial charge in [0, 0.05) is 28.5 Å². The van der Waals surface area contributed by atoms with Crippen molar-refractivity contribution in [2.75, 3.05) is 0 Å². The van der Waals surface area contributed by atoms with Crippen molar-refractivity contribution in [1.29, 1.82) is 5.26 Å². The molecule has 4 aromatic rings. The molecular formula is C23H17F2N3O. The molecule has 0 aliphatic rings. The molecule has 2 aromatic carbocycles. The van der Waals surface area contributed by atoms with Crippen molar-refractivity contribution >= 4 is 5.65 Å². The highest BCUT2D eigenvalue weighted by molar-refractivity contribution is 5.77. The Balaban J connectivity index is 1.92. The van der Waals surface area contributed by atoms with E-state index in [4.69, 9.17) is 0 Å². The molecule has 1 N–H and O–H groups in total. The summed E-state index contributed by atoms with van der Waals surface area (Å²) in [5.74, 6) is -1.18. The lowest BCUT2D eigenvalue weighted by molar-refractivity contribution is 0.0746. The minimum Gasteiger partial charge on any atom is -0.386 e. The van der Waals surface area contributed by atoms with E-state index < -0.39 is 17.2 Å². The van der Waals surface area contributed by atoms with Gasteiger partial charge in [0.15, 0.2) is 11.5 Å². The summed E-state index contributed by atoms with van der Waals surface area (Å²) in [6.45, 7) is 2.98. The molecule has 4 rings (SSSR count). The molecule has 4 nitrogen and oxygen atoms in total. The van der Waals surface area contributed by atoms with Crippen LogP contribution in [-0.2, 0) is 5.60 Å². The van der Waals surface area contributed by atoms with Gasteiger partial charge in [-0.15, -0.1) is 0 Å². The summed E-state index contributed by atoms with van der Waals surface area (Å²) >= 11 is 0. The normalized spacial score (nSPS) is 11.6. The van der Waals surface area contributed by atoms with Crippen molar-refractivity contribution in [1.82, 2.24) is 9.38 Å². The third kappa shape index (κ3) is 3.06. The maximum Gasteiger partial charge on any atom is 0.174 e. The first-order valence-electron chi connectivity index (χ1n) is 8.99. The molecule has 6 heteroatoms. The van der Waals surface area contributed by atoms with Gasteiger partial charge in [0.05, 0.1) is 29.1 Å². The highest BCUT2D eigenvalue weighted by Gasteiger charge is 2.24. The first-order valence-corrected chi connectivity index (χ1v) is 8.99. The Morgan fingerprint density at radius 1 is 0.966 bits per heavy atom. The second kappa shape index (κ2) is 6.80. The number of halogens is 2. The van der Waals surface area contributed by atoms with E-state index >= 15 is 4.39 Å². The lowest BCUT2D eigenvalue weighted by Gasteiger charge is -2.19. The molecule has 0 atom stereocenters. The number of hydrogen-bond acceptors (Lipinski definition) is 3. The fraction of sp³-hybridized carbons (Fsp3) is 0.130. The van der Waals surface area contributed by atoms with E-state index in [-0.39, 0.29) is 22.3 Å². The summed E-state index contributed by atoms with van der Waals surface area (Å²) in [6, 6.07) is 15.2. The fourth-order valence-electron chi connectivity index (χ4n) is 3.44. The Labute approximate surface area is 166 Å². The zero-order valence-corrected chi connectivity index (χ0v) is 15.8. The van der Waals surface area contributed by atoms with Gasteiger partial charge in [0.2, 0.25) is 0 Å². The number of nitriles is 1. The number of imidazole rings is 1. The third-order valence-corrected chi connectivity index (χ3v) is 4.89. The largest absolute Gasteiger partial charge is 0.386 e. The average molecular weight is 389 g/mol. The molecule has 0 fully saturated rings. The van der Waals surface area contributed by atoms with Gasteiger partial charge in [-0.25, -0.2) is 13.8 Å². The van der Waals surface area contributed by atoms with E-state index in [2.05, 4.69) is 11.1 Å². The fourth-order valence-corrected chi connectivity index (χ4v) is 3.44. The van der Waals surface area contributed by atoms with Crippen molar-refractivity contribution in [2.45, 2.75) is 19.4 Å². The van der Waals surface area contributed by atoms with Gasteiger partial charge in [-0.05, 0) is 32.0 Å².